The molecule has 0 aromatic rings. The van der Waals surface area contributed by atoms with Crippen molar-refractivity contribution < 1.29 is 0 Å². The standard InChI is InChI=1S/C9H18BNS/c1-11(2)10-7-12-9-6-4-3-5-8(9)10/h8-9H,3-7H2,1-2H3. The average Bonchev–Trinajstić information content (AvgIpc) is 2.47. The zero-order chi connectivity index (χ0) is 8.55. The van der Waals surface area contributed by atoms with E-state index in [2.05, 4.69) is 30.7 Å². The Balaban J connectivity index is 2.01. The summed E-state index contributed by atoms with van der Waals surface area (Å²) in [6.45, 7) is 0.875. The fourth-order valence-corrected chi connectivity index (χ4v) is 4.54. The van der Waals surface area contributed by atoms with Crippen molar-refractivity contribution in [1.29, 1.82) is 0 Å². The lowest BCUT2D eigenvalue weighted by atomic mass is 9.48. The summed E-state index contributed by atoms with van der Waals surface area (Å²) in [5.41, 5.74) is 1.38. The predicted octanol–water partition coefficient (Wildman–Crippen LogP) is 2.14. The van der Waals surface area contributed by atoms with E-state index in [-0.39, 0.29) is 0 Å². The molecule has 12 heavy (non-hydrogen) atoms. The highest BCUT2D eigenvalue weighted by Gasteiger charge is 2.41. The highest BCUT2D eigenvalue weighted by Crippen LogP contribution is 2.45. The van der Waals surface area contributed by atoms with Crippen LogP contribution < -0.4 is 0 Å². The quantitative estimate of drug-likeness (QED) is 0.573. The van der Waals surface area contributed by atoms with Crippen LogP contribution in [0.25, 0.3) is 0 Å². The normalized spacial score (nSPS) is 35.8. The molecule has 3 heteroatoms. The molecule has 1 saturated carbocycles. The molecule has 2 fully saturated rings. The number of nitrogens with zero attached hydrogens (tertiary/aromatic N) is 1. The molecule has 0 amide bonds. The van der Waals surface area contributed by atoms with Gasteiger partial charge in [-0.1, -0.05) is 19.3 Å². The number of hydrogen-bond acceptors (Lipinski definition) is 2. The summed E-state index contributed by atoms with van der Waals surface area (Å²) in [5, 5.41) is 1.01. The van der Waals surface area contributed by atoms with Crippen molar-refractivity contribution in [1.82, 2.24) is 4.81 Å². The Hall–Kier alpha value is 0.375. The molecule has 0 aromatic heterocycles. The molecule has 2 aliphatic rings. The van der Waals surface area contributed by atoms with Gasteiger partial charge in [0.15, 0.2) is 0 Å². The lowest BCUT2D eigenvalue weighted by molar-refractivity contribution is 0.491. The van der Waals surface area contributed by atoms with Crippen LogP contribution in [-0.2, 0) is 0 Å². The smallest absolute Gasteiger partial charge is 0.237 e. The fraction of sp³-hybridized carbons (Fsp3) is 1.00. The maximum atomic E-state index is 2.43. The molecular formula is C9H18BNS. The van der Waals surface area contributed by atoms with Crippen molar-refractivity contribution in [3.63, 3.8) is 0 Å². The van der Waals surface area contributed by atoms with Crippen LogP contribution in [0.3, 0.4) is 0 Å². The molecule has 0 radical (unpaired) electrons. The molecule has 1 nitrogen and oxygen atoms in total. The number of rotatable bonds is 1. The van der Waals surface area contributed by atoms with E-state index in [1.165, 1.54) is 31.3 Å². The fourth-order valence-electron chi connectivity index (χ4n) is 2.65. The Morgan fingerprint density at radius 3 is 2.75 bits per heavy atom. The third-order valence-electron chi connectivity index (χ3n) is 3.39. The molecule has 0 aromatic carbocycles. The van der Waals surface area contributed by atoms with Gasteiger partial charge in [0.1, 0.15) is 0 Å². The predicted molar refractivity (Wildman–Crippen MR) is 57.9 cm³/mol. The van der Waals surface area contributed by atoms with E-state index < -0.39 is 0 Å². The first-order chi connectivity index (χ1) is 5.79. The van der Waals surface area contributed by atoms with Gasteiger partial charge in [0.25, 0.3) is 0 Å². The van der Waals surface area contributed by atoms with Crippen LogP contribution >= 0.6 is 11.8 Å². The SMILES string of the molecule is CN(C)B1CSC2CCCCC12. The van der Waals surface area contributed by atoms with Gasteiger partial charge in [-0.2, -0.15) is 11.8 Å². The summed E-state index contributed by atoms with van der Waals surface area (Å²) in [5.74, 6) is 1.01. The minimum Gasteiger partial charge on any atom is -0.347 e. The van der Waals surface area contributed by atoms with Crippen LogP contribution in [-0.4, -0.2) is 36.7 Å². The van der Waals surface area contributed by atoms with Crippen LogP contribution in [0, 0.1) is 0 Å². The van der Waals surface area contributed by atoms with E-state index in [0.717, 1.165) is 17.9 Å². The van der Waals surface area contributed by atoms with Gasteiger partial charge in [-0.15, -0.1) is 0 Å². The molecule has 68 valence electrons. The Morgan fingerprint density at radius 1 is 1.25 bits per heavy atom. The maximum Gasteiger partial charge on any atom is 0.237 e. The molecule has 1 saturated heterocycles. The highest BCUT2D eigenvalue weighted by molar-refractivity contribution is 8.02. The van der Waals surface area contributed by atoms with Crippen LogP contribution in [0.5, 0.6) is 0 Å². The van der Waals surface area contributed by atoms with Gasteiger partial charge in [0, 0.05) is 5.25 Å². The lowest BCUT2D eigenvalue weighted by Gasteiger charge is -2.29. The third-order valence-corrected chi connectivity index (χ3v) is 4.94. The van der Waals surface area contributed by atoms with Crippen LogP contribution in [0.2, 0.25) is 5.82 Å². The first kappa shape index (κ1) is 8.95. The van der Waals surface area contributed by atoms with E-state index in [9.17, 15) is 0 Å². The van der Waals surface area contributed by atoms with E-state index in [4.69, 9.17) is 0 Å². The van der Waals surface area contributed by atoms with Crippen molar-refractivity contribution in [2.24, 2.45) is 0 Å². The largest absolute Gasteiger partial charge is 0.347 e. The molecule has 0 spiro atoms. The summed E-state index contributed by atoms with van der Waals surface area (Å²) in [7, 11) is 4.48. The minimum atomic E-state index is 0.875. The Bertz CT molecular complexity index is 163. The Morgan fingerprint density at radius 2 is 2.00 bits per heavy atom. The third kappa shape index (κ3) is 1.53. The molecule has 1 heterocycles. The molecule has 0 bridgehead atoms. The minimum absolute atomic E-state index is 0.875. The van der Waals surface area contributed by atoms with Crippen LogP contribution in [0.15, 0.2) is 0 Å². The lowest BCUT2D eigenvalue weighted by Crippen LogP contribution is -2.39. The van der Waals surface area contributed by atoms with E-state index in [0.29, 0.717) is 0 Å². The molecule has 1 aliphatic heterocycles. The number of hydrogen-bond donors (Lipinski definition) is 0. The van der Waals surface area contributed by atoms with Crippen molar-refractivity contribution in [2.75, 3.05) is 19.7 Å². The molecule has 0 N–H and O–H groups in total. The molecule has 2 rings (SSSR count). The van der Waals surface area contributed by atoms with Crippen LogP contribution in [0.4, 0.5) is 0 Å². The van der Waals surface area contributed by atoms with Gasteiger partial charge in [-0.05, 0) is 32.0 Å². The maximum absolute atomic E-state index is 2.43. The van der Waals surface area contributed by atoms with E-state index >= 15 is 0 Å². The van der Waals surface area contributed by atoms with E-state index in [1.807, 2.05) is 0 Å². The highest BCUT2D eigenvalue weighted by atomic mass is 32.2. The summed E-state index contributed by atoms with van der Waals surface area (Å²) < 4.78 is 0. The average molecular weight is 183 g/mol. The zero-order valence-electron chi connectivity index (χ0n) is 8.12. The van der Waals surface area contributed by atoms with Crippen molar-refractivity contribution >= 4 is 18.6 Å². The summed E-state index contributed by atoms with van der Waals surface area (Å²) >= 11 is 2.22. The molecule has 2 unspecified atom stereocenters. The van der Waals surface area contributed by atoms with Gasteiger partial charge >= 0.3 is 0 Å². The molecule has 2 atom stereocenters. The van der Waals surface area contributed by atoms with Crippen molar-refractivity contribution in [3.05, 3.63) is 0 Å². The van der Waals surface area contributed by atoms with Crippen molar-refractivity contribution in [3.8, 4) is 0 Å². The van der Waals surface area contributed by atoms with Gasteiger partial charge in [-0.25, -0.2) is 0 Å². The Labute approximate surface area is 80.4 Å². The van der Waals surface area contributed by atoms with Crippen molar-refractivity contribution in [2.45, 2.75) is 36.8 Å². The summed E-state index contributed by atoms with van der Waals surface area (Å²) in [4.78, 5) is 2.43. The first-order valence-corrected chi connectivity index (χ1v) is 6.12. The number of thioether (sulfide) groups is 1. The summed E-state index contributed by atoms with van der Waals surface area (Å²) in [6, 6.07) is 0. The Kier molecular flexibility index (Phi) is 2.70. The summed E-state index contributed by atoms with van der Waals surface area (Å²) in [6.07, 6.45) is 5.93. The van der Waals surface area contributed by atoms with Gasteiger partial charge < -0.3 is 4.81 Å². The van der Waals surface area contributed by atoms with Gasteiger partial charge in [-0.3, -0.25) is 0 Å². The van der Waals surface area contributed by atoms with Gasteiger partial charge in [0.2, 0.25) is 6.85 Å². The van der Waals surface area contributed by atoms with E-state index in [1.54, 1.807) is 0 Å². The van der Waals surface area contributed by atoms with Crippen LogP contribution in [0.1, 0.15) is 25.7 Å². The number of fused-ring (bicyclic) bond motifs is 1. The topological polar surface area (TPSA) is 3.24 Å². The molecular weight excluding hydrogens is 165 g/mol. The second-order valence-electron chi connectivity index (χ2n) is 4.35. The van der Waals surface area contributed by atoms with Gasteiger partial charge in [0.05, 0.1) is 0 Å². The first-order valence-electron chi connectivity index (χ1n) is 5.07. The second kappa shape index (κ2) is 3.63. The second-order valence-corrected chi connectivity index (χ2v) is 5.62. The monoisotopic (exact) mass is 183 g/mol. The zero-order valence-corrected chi connectivity index (χ0v) is 8.94. The molecule has 1 aliphatic carbocycles.